The number of rotatable bonds is 5. The molecule has 1 aliphatic heterocycles. The number of amides is 3. The molecule has 1 saturated heterocycles. The lowest BCUT2D eigenvalue weighted by Gasteiger charge is -2.40. The van der Waals surface area contributed by atoms with E-state index in [4.69, 9.17) is 0 Å². The average Bonchev–Trinajstić information content (AvgIpc) is 3.21. The monoisotopic (exact) mass is 395 g/mol. The van der Waals surface area contributed by atoms with E-state index in [-0.39, 0.29) is 42.0 Å². The lowest BCUT2D eigenvalue weighted by Crippen LogP contribution is -2.53. The molecule has 4 unspecified atom stereocenters. The van der Waals surface area contributed by atoms with Crippen LogP contribution in [0.1, 0.15) is 51.4 Å². The van der Waals surface area contributed by atoms with Gasteiger partial charge in [0.1, 0.15) is 0 Å². The fourth-order valence-electron chi connectivity index (χ4n) is 4.96. The molecule has 0 aromatic heterocycles. The summed E-state index contributed by atoms with van der Waals surface area (Å²) in [4.78, 5) is 37.6. The van der Waals surface area contributed by atoms with Crippen molar-refractivity contribution in [1.82, 2.24) is 5.32 Å². The minimum Gasteiger partial charge on any atom is -0.353 e. The van der Waals surface area contributed by atoms with Crippen molar-refractivity contribution in [3.63, 3.8) is 0 Å². The van der Waals surface area contributed by atoms with E-state index < -0.39 is 0 Å². The molecule has 2 aliphatic carbocycles. The van der Waals surface area contributed by atoms with E-state index in [0.29, 0.717) is 23.7 Å². The fraction of sp³-hybridized carbons (Fsp3) is 0.522. The van der Waals surface area contributed by atoms with Gasteiger partial charge in [-0.05, 0) is 49.7 Å². The molecule has 2 fully saturated rings. The Morgan fingerprint density at radius 2 is 1.79 bits per heavy atom. The van der Waals surface area contributed by atoms with Gasteiger partial charge in [-0.3, -0.25) is 14.4 Å². The minimum atomic E-state index is -0.318. The third-order valence-electron chi connectivity index (χ3n) is 6.44. The second kappa shape index (κ2) is 8.80. The van der Waals surface area contributed by atoms with Crippen molar-refractivity contribution >= 4 is 29.1 Å². The van der Waals surface area contributed by atoms with Gasteiger partial charge in [-0.25, -0.2) is 0 Å². The number of carbonyl (C=O) groups is 3. The Hall–Kier alpha value is -2.63. The highest BCUT2D eigenvalue weighted by Gasteiger charge is 2.41. The number of carbonyl (C=O) groups excluding carboxylic acids is 3. The summed E-state index contributed by atoms with van der Waals surface area (Å²) in [5.41, 5.74) is 1.19. The molecule has 3 aliphatic rings. The van der Waals surface area contributed by atoms with Crippen LogP contribution in [0.15, 0.2) is 36.4 Å². The van der Waals surface area contributed by atoms with Gasteiger partial charge >= 0.3 is 0 Å². The molecule has 4 atom stereocenters. The van der Waals surface area contributed by atoms with Crippen molar-refractivity contribution in [3.05, 3.63) is 36.4 Å². The largest absolute Gasteiger partial charge is 0.353 e. The second-order valence-electron chi connectivity index (χ2n) is 8.49. The molecule has 0 radical (unpaired) electrons. The normalized spacial score (nSPS) is 28.3. The van der Waals surface area contributed by atoms with Crippen LogP contribution in [0.4, 0.5) is 11.4 Å². The first kappa shape index (κ1) is 19.7. The number of para-hydroxylation sites is 2. The highest BCUT2D eigenvalue weighted by molar-refractivity contribution is 6.01. The molecule has 1 aromatic rings. The van der Waals surface area contributed by atoms with Crippen LogP contribution in [0.5, 0.6) is 0 Å². The summed E-state index contributed by atoms with van der Waals surface area (Å²) in [6, 6.07) is 7.38. The molecule has 1 heterocycles. The molecule has 6 nitrogen and oxygen atoms in total. The van der Waals surface area contributed by atoms with E-state index in [0.717, 1.165) is 38.5 Å². The van der Waals surface area contributed by atoms with Crippen LogP contribution < -0.4 is 16.0 Å². The molecule has 1 aromatic carbocycles. The average molecular weight is 396 g/mol. The quantitative estimate of drug-likeness (QED) is 0.666. The molecular formula is C23H29N3O3. The van der Waals surface area contributed by atoms with Gasteiger partial charge in [-0.2, -0.15) is 0 Å². The molecule has 4 rings (SSSR count). The minimum absolute atomic E-state index is 0.0421. The molecule has 0 bridgehead atoms. The Morgan fingerprint density at radius 1 is 1.03 bits per heavy atom. The van der Waals surface area contributed by atoms with E-state index in [2.05, 4.69) is 28.1 Å². The van der Waals surface area contributed by atoms with Crippen LogP contribution in [-0.4, -0.2) is 23.8 Å². The first-order valence-electron chi connectivity index (χ1n) is 10.8. The van der Waals surface area contributed by atoms with E-state index in [1.54, 1.807) is 12.1 Å². The van der Waals surface area contributed by atoms with Crippen molar-refractivity contribution < 1.29 is 14.4 Å². The first-order valence-corrected chi connectivity index (χ1v) is 10.8. The Morgan fingerprint density at radius 3 is 2.55 bits per heavy atom. The second-order valence-corrected chi connectivity index (χ2v) is 8.49. The van der Waals surface area contributed by atoms with Gasteiger partial charge in [0.05, 0.1) is 17.3 Å². The number of fused-ring (bicyclic) bond motifs is 1. The van der Waals surface area contributed by atoms with Gasteiger partial charge in [-0.15, -0.1) is 0 Å². The van der Waals surface area contributed by atoms with Gasteiger partial charge in [0, 0.05) is 18.9 Å². The predicted octanol–water partition coefficient (Wildman–Crippen LogP) is 3.61. The Bertz CT molecular complexity index is 819. The molecule has 0 spiro atoms. The van der Waals surface area contributed by atoms with Crippen LogP contribution in [0.3, 0.4) is 0 Å². The zero-order chi connectivity index (χ0) is 20.2. The highest BCUT2D eigenvalue weighted by Crippen LogP contribution is 2.36. The number of anilines is 2. The Balaban J connectivity index is 1.43. The SMILES string of the molecule is O=C(CC1C=CCC1)Nc1ccccc1NC(=O)C1CC(=O)NC2CCCCC21. The molecular weight excluding hydrogens is 366 g/mol. The highest BCUT2D eigenvalue weighted by atomic mass is 16.2. The van der Waals surface area contributed by atoms with Gasteiger partial charge in [-0.1, -0.05) is 37.1 Å². The number of hydrogen-bond acceptors (Lipinski definition) is 3. The molecule has 3 amide bonds. The van der Waals surface area contributed by atoms with E-state index in [9.17, 15) is 14.4 Å². The lowest BCUT2D eigenvalue weighted by molar-refractivity contribution is -0.134. The fourth-order valence-corrected chi connectivity index (χ4v) is 4.96. The van der Waals surface area contributed by atoms with Crippen molar-refractivity contribution in [2.24, 2.45) is 17.8 Å². The number of benzene rings is 1. The zero-order valence-electron chi connectivity index (χ0n) is 16.7. The van der Waals surface area contributed by atoms with Crippen molar-refractivity contribution in [2.45, 2.75) is 57.4 Å². The van der Waals surface area contributed by atoms with Gasteiger partial charge in [0.15, 0.2) is 0 Å². The summed E-state index contributed by atoms with van der Waals surface area (Å²) in [6.07, 6.45) is 11.1. The lowest BCUT2D eigenvalue weighted by atomic mass is 9.72. The number of nitrogens with one attached hydrogen (secondary N) is 3. The summed E-state index contributed by atoms with van der Waals surface area (Å²) in [6.45, 7) is 0. The summed E-state index contributed by atoms with van der Waals surface area (Å²) >= 11 is 0. The molecule has 29 heavy (non-hydrogen) atoms. The summed E-state index contributed by atoms with van der Waals surface area (Å²) in [5.74, 6) is -0.0520. The Kier molecular flexibility index (Phi) is 5.97. The van der Waals surface area contributed by atoms with E-state index in [1.165, 1.54) is 0 Å². The summed E-state index contributed by atoms with van der Waals surface area (Å²) in [5, 5.41) is 8.99. The zero-order valence-corrected chi connectivity index (χ0v) is 16.7. The summed E-state index contributed by atoms with van der Waals surface area (Å²) in [7, 11) is 0. The van der Waals surface area contributed by atoms with Crippen LogP contribution in [0.2, 0.25) is 0 Å². The first-order chi connectivity index (χ1) is 14.1. The van der Waals surface area contributed by atoms with Crippen LogP contribution in [0, 0.1) is 17.8 Å². The van der Waals surface area contributed by atoms with Crippen molar-refractivity contribution in [2.75, 3.05) is 10.6 Å². The summed E-state index contributed by atoms with van der Waals surface area (Å²) < 4.78 is 0. The maximum atomic E-state index is 13.1. The smallest absolute Gasteiger partial charge is 0.228 e. The maximum Gasteiger partial charge on any atom is 0.228 e. The third-order valence-corrected chi connectivity index (χ3v) is 6.44. The third kappa shape index (κ3) is 4.69. The topological polar surface area (TPSA) is 87.3 Å². The standard InChI is InChI=1S/C23H29N3O3/c27-21(13-15-7-1-2-8-15)25-19-11-5-6-12-20(19)26-23(29)17-14-22(28)24-18-10-4-3-9-16(17)18/h1,5-7,11-12,15-18H,2-4,8-10,13-14H2,(H,24,28)(H,25,27)(H,26,29). The number of piperidine rings is 1. The van der Waals surface area contributed by atoms with Crippen LogP contribution >= 0.6 is 0 Å². The van der Waals surface area contributed by atoms with Gasteiger partial charge in [0.2, 0.25) is 17.7 Å². The number of allylic oxidation sites excluding steroid dienone is 2. The van der Waals surface area contributed by atoms with Gasteiger partial charge in [0.25, 0.3) is 0 Å². The van der Waals surface area contributed by atoms with Gasteiger partial charge < -0.3 is 16.0 Å². The van der Waals surface area contributed by atoms with E-state index >= 15 is 0 Å². The predicted molar refractivity (Wildman–Crippen MR) is 112 cm³/mol. The van der Waals surface area contributed by atoms with E-state index in [1.807, 2.05) is 12.1 Å². The molecule has 6 heteroatoms. The molecule has 1 saturated carbocycles. The number of hydrogen-bond donors (Lipinski definition) is 3. The Labute approximate surface area is 171 Å². The van der Waals surface area contributed by atoms with Crippen molar-refractivity contribution in [1.29, 1.82) is 0 Å². The maximum absolute atomic E-state index is 13.1. The van der Waals surface area contributed by atoms with Crippen molar-refractivity contribution in [3.8, 4) is 0 Å². The molecule has 3 N–H and O–H groups in total. The molecule has 154 valence electrons. The van der Waals surface area contributed by atoms with Crippen LogP contribution in [-0.2, 0) is 14.4 Å². The van der Waals surface area contributed by atoms with Crippen LogP contribution in [0.25, 0.3) is 0 Å².